The number of ether oxygens (including phenoxy) is 1. The second-order valence-electron chi connectivity index (χ2n) is 5.76. The first-order valence-corrected chi connectivity index (χ1v) is 6.97. The molecule has 1 aromatic heterocycles. The second-order valence-corrected chi connectivity index (χ2v) is 5.76. The van der Waals surface area contributed by atoms with Crippen LogP contribution in [0.15, 0.2) is 12.5 Å². The molecule has 4 nitrogen and oxygen atoms in total. The van der Waals surface area contributed by atoms with Gasteiger partial charge in [0.2, 0.25) is 0 Å². The van der Waals surface area contributed by atoms with Gasteiger partial charge in [0.25, 0.3) is 0 Å². The molecule has 0 radical (unpaired) electrons. The van der Waals surface area contributed by atoms with Crippen molar-refractivity contribution in [3.8, 4) is 0 Å². The molecule has 1 aromatic rings. The van der Waals surface area contributed by atoms with E-state index in [9.17, 15) is 0 Å². The molecule has 0 aliphatic carbocycles. The van der Waals surface area contributed by atoms with Crippen molar-refractivity contribution >= 4 is 0 Å². The van der Waals surface area contributed by atoms with Crippen molar-refractivity contribution in [2.45, 2.75) is 64.8 Å². The molecule has 0 bridgehead atoms. The molecular formula is C14H25N3O. The van der Waals surface area contributed by atoms with E-state index in [2.05, 4.69) is 35.6 Å². The maximum absolute atomic E-state index is 5.74. The zero-order valence-corrected chi connectivity index (χ0v) is 11.8. The number of rotatable bonds is 5. The molecule has 102 valence electrons. The average Bonchev–Trinajstić information content (AvgIpc) is 2.73. The van der Waals surface area contributed by atoms with Crippen LogP contribution in [-0.4, -0.2) is 27.8 Å². The molecular weight excluding hydrogens is 226 g/mol. The largest absolute Gasteiger partial charge is 0.375 e. The van der Waals surface area contributed by atoms with Crippen LogP contribution in [0.1, 0.15) is 45.7 Å². The molecule has 1 saturated heterocycles. The van der Waals surface area contributed by atoms with Gasteiger partial charge in [0.15, 0.2) is 0 Å². The van der Waals surface area contributed by atoms with E-state index >= 15 is 0 Å². The molecule has 1 unspecified atom stereocenters. The lowest BCUT2D eigenvalue weighted by Gasteiger charge is -2.36. The normalized spacial score (nSPS) is 23.2. The molecule has 1 fully saturated rings. The minimum Gasteiger partial charge on any atom is -0.375 e. The zero-order valence-electron chi connectivity index (χ0n) is 11.8. The average molecular weight is 251 g/mol. The number of nitrogens with one attached hydrogen (secondary N) is 1. The van der Waals surface area contributed by atoms with E-state index < -0.39 is 0 Å². The van der Waals surface area contributed by atoms with Crippen molar-refractivity contribution in [3.63, 3.8) is 0 Å². The van der Waals surface area contributed by atoms with Gasteiger partial charge >= 0.3 is 0 Å². The number of hydrogen-bond acceptors (Lipinski definition) is 3. The molecule has 1 atom stereocenters. The summed E-state index contributed by atoms with van der Waals surface area (Å²) in [5.41, 5.74) is 1.29. The van der Waals surface area contributed by atoms with Gasteiger partial charge in [-0.25, -0.2) is 4.98 Å². The van der Waals surface area contributed by atoms with E-state index in [1.165, 1.54) is 5.69 Å². The molecule has 18 heavy (non-hydrogen) atoms. The van der Waals surface area contributed by atoms with Gasteiger partial charge < -0.3 is 14.6 Å². The monoisotopic (exact) mass is 251 g/mol. The van der Waals surface area contributed by atoms with E-state index in [-0.39, 0.29) is 5.60 Å². The molecule has 0 spiro atoms. The summed E-state index contributed by atoms with van der Waals surface area (Å²) < 4.78 is 7.97. The van der Waals surface area contributed by atoms with E-state index in [1.54, 1.807) is 0 Å². The molecule has 0 aromatic carbocycles. The fraction of sp³-hybridized carbons (Fsp3) is 0.786. The standard InChI is InChI=1S/C14H25N3O/c1-4-6-17-11-15-9-13(17)10-16-12-5-7-18-14(2,3)8-12/h9,11-12,16H,4-8,10H2,1-3H3. The van der Waals surface area contributed by atoms with Crippen molar-refractivity contribution in [3.05, 3.63) is 18.2 Å². The van der Waals surface area contributed by atoms with Crippen molar-refractivity contribution in [1.82, 2.24) is 14.9 Å². The molecule has 1 N–H and O–H groups in total. The van der Waals surface area contributed by atoms with E-state index in [4.69, 9.17) is 4.74 Å². The first kappa shape index (κ1) is 13.6. The smallest absolute Gasteiger partial charge is 0.0948 e. The highest BCUT2D eigenvalue weighted by molar-refractivity contribution is 4.98. The van der Waals surface area contributed by atoms with Crippen LogP contribution < -0.4 is 5.32 Å². The Labute approximate surface area is 110 Å². The number of aromatic nitrogens is 2. The summed E-state index contributed by atoms with van der Waals surface area (Å²) in [5, 5.41) is 3.64. The maximum atomic E-state index is 5.74. The Morgan fingerprint density at radius 1 is 1.56 bits per heavy atom. The summed E-state index contributed by atoms with van der Waals surface area (Å²) in [4.78, 5) is 4.23. The van der Waals surface area contributed by atoms with Crippen molar-refractivity contribution in [2.75, 3.05) is 6.61 Å². The summed E-state index contributed by atoms with van der Waals surface area (Å²) in [5.74, 6) is 0. The van der Waals surface area contributed by atoms with Gasteiger partial charge in [-0.05, 0) is 33.1 Å². The minimum atomic E-state index is 0.0135. The van der Waals surface area contributed by atoms with E-state index in [1.807, 2.05) is 12.5 Å². The third-order valence-electron chi connectivity index (χ3n) is 3.53. The summed E-state index contributed by atoms with van der Waals surface area (Å²) >= 11 is 0. The third kappa shape index (κ3) is 3.56. The zero-order chi connectivity index (χ0) is 13.0. The SMILES string of the molecule is CCCn1cncc1CNC1CCOC(C)(C)C1. The Morgan fingerprint density at radius 2 is 2.39 bits per heavy atom. The van der Waals surface area contributed by atoms with Crippen LogP contribution in [0, 0.1) is 0 Å². The van der Waals surface area contributed by atoms with Gasteiger partial charge in [-0.15, -0.1) is 0 Å². The molecule has 1 aliphatic rings. The molecule has 0 amide bonds. The van der Waals surface area contributed by atoms with Crippen LogP contribution in [0.4, 0.5) is 0 Å². The molecule has 2 rings (SSSR count). The predicted octanol–water partition coefficient (Wildman–Crippen LogP) is 2.34. The van der Waals surface area contributed by atoms with Crippen molar-refractivity contribution in [2.24, 2.45) is 0 Å². The highest BCUT2D eigenvalue weighted by Crippen LogP contribution is 2.24. The van der Waals surface area contributed by atoms with Crippen LogP contribution in [0.3, 0.4) is 0 Å². The van der Waals surface area contributed by atoms with Gasteiger partial charge in [0.1, 0.15) is 0 Å². The maximum Gasteiger partial charge on any atom is 0.0948 e. The fourth-order valence-electron chi connectivity index (χ4n) is 2.59. The number of nitrogens with zero attached hydrogens (tertiary/aromatic N) is 2. The van der Waals surface area contributed by atoms with Gasteiger partial charge in [-0.3, -0.25) is 0 Å². The lowest BCUT2D eigenvalue weighted by molar-refractivity contribution is -0.0631. The highest BCUT2D eigenvalue weighted by Gasteiger charge is 2.28. The lowest BCUT2D eigenvalue weighted by Crippen LogP contribution is -2.43. The summed E-state index contributed by atoms with van der Waals surface area (Å²) in [7, 11) is 0. The molecule has 0 saturated carbocycles. The Hall–Kier alpha value is -0.870. The topological polar surface area (TPSA) is 39.1 Å². The van der Waals surface area contributed by atoms with Gasteiger partial charge in [0.05, 0.1) is 17.6 Å². The lowest BCUT2D eigenvalue weighted by atomic mass is 9.94. The number of imidazole rings is 1. The van der Waals surface area contributed by atoms with E-state index in [0.29, 0.717) is 6.04 Å². The van der Waals surface area contributed by atoms with Crippen molar-refractivity contribution in [1.29, 1.82) is 0 Å². The summed E-state index contributed by atoms with van der Waals surface area (Å²) in [6.07, 6.45) is 7.22. The molecule has 1 aliphatic heterocycles. The molecule has 2 heterocycles. The fourth-order valence-corrected chi connectivity index (χ4v) is 2.59. The van der Waals surface area contributed by atoms with E-state index in [0.717, 1.165) is 39.0 Å². The Balaban J connectivity index is 1.85. The minimum absolute atomic E-state index is 0.0135. The Kier molecular flexibility index (Phi) is 4.40. The van der Waals surface area contributed by atoms with Gasteiger partial charge in [-0.2, -0.15) is 0 Å². The first-order valence-electron chi connectivity index (χ1n) is 6.97. The second kappa shape index (κ2) is 5.85. The highest BCUT2D eigenvalue weighted by atomic mass is 16.5. The summed E-state index contributed by atoms with van der Waals surface area (Å²) in [6, 6.07) is 0.554. The van der Waals surface area contributed by atoms with Crippen LogP contribution in [0.25, 0.3) is 0 Å². The van der Waals surface area contributed by atoms with Gasteiger partial charge in [-0.1, -0.05) is 6.92 Å². The predicted molar refractivity (Wildman–Crippen MR) is 72.4 cm³/mol. The quantitative estimate of drug-likeness (QED) is 0.873. The number of aryl methyl sites for hydroxylation is 1. The summed E-state index contributed by atoms with van der Waals surface area (Å²) in [6.45, 7) is 9.35. The van der Waals surface area contributed by atoms with Gasteiger partial charge in [0, 0.05) is 31.9 Å². The number of hydrogen-bond donors (Lipinski definition) is 1. The van der Waals surface area contributed by atoms with Crippen molar-refractivity contribution < 1.29 is 4.74 Å². The van der Waals surface area contributed by atoms with Crippen LogP contribution in [0.5, 0.6) is 0 Å². The third-order valence-corrected chi connectivity index (χ3v) is 3.53. The Morgan fingerprint density at radius 3 is 3.11 bits per heavy atom. The van der Waals surface area contributed by atoms with Crippen LogP contribution >= 0.6 is 0 Å². The molecule has 4 heteroatoms. The van der Waals surface area contributed by atoms with Crippen LogP contribution in [0.2, 0.25) is 0 Å². The van der Waals surface area contributed by atoms with Crippen LogP contribution in [-0.2, 0) is 17.8 Å². The first-order chi connectivity index (χ1) is 8.61. The Bertz CT molecular complexity index is 373.